The lowest BCUT2D eigenvalue weighted by molar-refractivity contribution is -0.384. The summed E-state index contributed by atoms with van der Waals surface area (Å²) in [5.74, 6) is -0.288. The van der Waals surface area contributed by atoms with Crippen LogP contribution in [0.1, 0.15) is 44.0 Å². The number of carbonyl (C=O) groups is 1. The summed E-state index contributed by atoms with van der Waals surface area (Å²) in [4.78, 5) is 22.6. The number of carbonyl (C=O) groups excluding carboxylic acids is 1. The minimum atomic E-state index is -0.474. The van der Waals surface area contributed by atoms with Crippen LogP contribution in [-0.4, -0.2) is 23.4 Å². The van der Waals surface area contributed by atoms with Crippen LogP contribution in [0.25, 0.3) is 0 Å². The molecule has 2 N–H and O–H groups in total. The van der Waals surface area contributed by atoms with Gasteiger partial charge in [0.25, 0.3) is 11.6 Å². The van der Waals surface area contributed by atoms with E-state index in [0.717, 1.165) is 12.8 Å². The van der Waals surface area contributed by atoms with E-state index in [1.54, 1.807) is 12.1 Å². The second kappa shape index (κ2) is 7.47. The van der Waals surface area contributed by atoms with Crippen LogP contribution in [-0.2, 0) is 0 Å². The van der Waals surface area contributed by atoms with Gasteiger partial charge < -0.3 is 10.6 Å². The molecule has 6 nitrogen and oxygen atoms in total. The van der Waals surface area contributed by atoms with Gasteiger partial charge in [-0.05, 0) is 31.9 Å². The molecule has 0 spiro atoms. The minimum Gasteiger partial charge on any atom is -0.380 e. The van der Waals surface area contributed by atoms with Gasteiger partial charge in [0.15, 0.2) is 0 Å². The van der Waals surface area contributed by atoms with Crippen LogP contribution >= 0.6 is 0 Å². The molecule has 1 aromatic carbocycles. The summed E-state index contributed by atoms with van der Waals surface area (Å²) in [6.45, 7) is 6.49. The highest BCUT2D eigenvalue weighted by Gasteiger charge is 2.17. The molecule has 1 rings (SSSR count). The molecule has 0 radical (unpaired) electrons. The molecule has 1 amide bonds. The number of nitrogens with zero attached hydrogens (tertiary/aromatic N) is 1. The van der Waals surface area contributed by atoms with Crippen LogP contribution < -0.4 is 10.6 Å². The maximum Gasteiger partial charge on any atom is 0.293 e. The fraction of sp³-hybridized carbons (Fsp3) is 0.500. The summed E-state index contributed by atoms with van der Waals surface area (Å²) in [6.07, 6.45) is 1.68. The Morgan fingerprint density at radius 3 is 2.65 bits per heavy atom. The van der Waals surface area contributed by atoms with Gasteiger partial charge in [0.2, 0.25) is 0 Å². The number of nitro benzene ring substituents is 1. The van der Waals surface area contributed by atoms with Crippen molar-refractivity contribution in [3.63, 3.8) is 0 Å². The Bertz CT molecular complexity index is 489. The third-order valence-electron chi connectivity index (χ3n) is 3.01. The van der Waals surface area contributed by atoms with E-state index in [4.69, 9.17) is 0 Å². The van der Waals surface area contributed by atoms with E-state index in [9.17, 15) is 14.9 Å². The Labute approximate surface area is 118 Å². The van der Waals surface area contributed by atoms with E-state index < -0.39 is 4.92 Å². The third-order valence-corrected chi connectivity index (χ3v) is 3.01. The first-order chi connectivity index (χ1) is 9.49. The largest absolute Gasteiger partial charge is 0.380 e. The Morgan fingerprint density at radius 1 is 1.40 bits per heavy atom. The summed E-state index contributed by atoms with van der Waals surface area (Å²) in [5.41, 5.74) is 0.672. The molecule has 0 aliphatic carbocycles. The fourth-order valence-electron chi connectivity index (χ4n) is 1.64. The van der Waals surface area contributed by atoms with Crippen molar-refractivity contribution >= 4 is 17.3 Å². The molecule has 0 saturated carbocycles. The van der Waals surface area contributed by atoms with E-state index in [-0.39, 0.29) is 17.6 Å². The van der Waals surface area contributed by atoms with Gasteiger partial charge in [-0.25, -0.2) is 0 Å². The van der Waals surface area contributed by atoms with Crippen LogP contribution in [0.2, 0.25) is 0 Å². The molecule has 0 aromatic heterocycles. The van der Waals surface area contributed by atoms with Crippen molar-refractivity contribution in [2.75, 3.05) is 11.9 Å². The first-order valence-electron chi connectivity index (χ1n) is 6.82. The average Bonchev–Trinajstić information content (AvgIpc) is 2.44. The van der Waals surface area contributed by atoms with Crippen molar-refractivity contribution < 1.29 is 9.72 Å². The standard InChI is InChI=1S/C14H21N3O3/c1-4-8-15-12-7-6-11(9-13(12)17(19)20)14(18)16-10(3)5-2/h6-7,9-10,15H,4-5,8H2,1-3H3,(H,16,18). The first kappa shape index (κ1) is 15.9. The summed E-state index contributed by atoms with van der Waals surface area (Å²) >= 11 is 0. The van der Waals surface area contributed by atoms with Crippen LogP contribution in [0.3, 0.4) is 0 Å². The molecule has 1 atom stereocenters. The number of amides is 1. The number of anilines is 1. The second-order valence-electron chi connectivity index (χ2n) is 4.70. The van der Waals surface area contributed by atoms with Crippen molar-refractivity contribution in [1.29, 1.82) is 0 Å². The number of nitro groups is 1. The predicted molar refractivity (Wildman–Crippen MR) is 79.1 cm³/mol. The number of nitrogens with one attached hydrogen (secondary N) is 2. The van der Waals surface area contributed by atoms with Crippen molar-refractivity contribution in [1.82, 2.24) is 5.32 Å². The smallest absolute Gasteiger partial charge is 0.293 e. The molecule has 1 unspecified atom stereocenters. The maximum absolute atomic E-state index is 12.0. The maximum atomic E-state index is 12.0. The zero-order valence-corrected chi connectivity index (χ0v) is 12.1. The molecule has 0 aliphatic rings. The number of rotatable bonds is 7. The van der Waals surface area contributed by atoms with Crippen LogP contribution in [0.15, 0.2) is 18.2 Å². The molecule has 0 fully saturated rings. The molecule has 0 aliphatic heterocycles. The van der Waals surface area contributed by atoms with E-state index in [2.05, 4.69) is 10.6 Å². The van der Waals surface area contributed by atoms with Gasteiger partial charge in [-0.15, -0.1) is 0 Å². The van der Waals surface area contributed by atoms with Gasteiger partial charge in [-0.1, -0.05) is 13.8 Å². The van der Waals surface area contributed by atoms with Gasteiger partial charge in [-0.3, -0.25) is 14.9 Å². The fourth-order valence-corrected chi connectivity index (χ4v) is 1.64. The van der Waals surface area contributed by atoms with Gasteiger partial charge in [0.05, 0.1) is 4.92 Å². The summed E-state index contributed by atoms with van der Waals surface area (Å²) in [7, 11) is 0. The van der Waals surface area contributed by atoms with E-state index in [1.165, 1.54) is 6.07 Å². The predicted octanol–water partition coefficient (Wildman–Crippen LogP) is 2.95. The Hall–Kier alpha value is -2.11. The quantitative estimate of drug-likeness (QED) is 0.593. The van der Waals surface area contributed by atoms with Crippen molar-refractivity contribution in [2.24, 2.45) is 0 Å². The molecule has 6 heteroatoms. The van der Waals surface area contributed by atoms with Crippen molar-refractivity contribution in [3.05, 3.63) is 33.9 Å². The highest BCUT2D eigenvalue weighted by atomic mass is 16.6. The Kier molecular flexibility index (Phi) is 5.96. The summed E-state index contributed by atoms with van der Waals surface area (Å²) in [5, 5.41) is 16.9. The average molecular weight is 279 g/mol. The highest BCUT2D eigenvalue weighted by Crippen LogP contribution is 2.25. The van der Waals surface area contributed by atoms with E-state index in [1.807, 2.05) is 20.8 Å². The summed E-state index contributed by atoms with van der Waals surface area (Å²) in [6, 6.07) is 4.54. The first-order valence-corrected chi connectivity index (χ1v) is 6.82. The van der Waals surface area contributed by atoms with Gasteiger partial charge in [-0.2, -0.15) is 0 Å². The monoisotopic (exact) mass is 279 g/mol. The topological polar surface area (TPSA) is 84.3 Å². The Morgan fingerprint density at radius 2 is 2.10 bits per heavy atom. The van der Waals surface area contributed by atoms with E-state index in [0.29, 0.717) is 17.8 Å². The minimum absolute atomic E-state index is 0.0412. The molecule has 0 heterocycles. The van der Waals surface area contributed by atoms with Crippen molar-refractivity contribution in [2.45, 2.75) is 39.7 Å². The van der Waals surface area contributed by atoms with Crippen molar-refractivity contribution in [3.8, 4) is 0 Å². The molecule has 20 heavy (non-hydrogen) atoms. The normalized spacial score (nSPS) is 11.8. The molecule has 0 saturated heterocycles. The Balaban J connectivity index is 2.97. The zero-order chi connectivity index (χ0) is 15.1. The molecule has 110 valence electrons. The van der Waals surface area contributed by atoms with Gasteiger partial charge >= 0.3 is 0 Å². The molecule has 1 aromatic rings. The van der Waals surface area contributed by atoms with Crippen LogP contribution in [0.4, 0.5) is 11.4 Å². The van der Waals surface area contributed by atoms with E-state index >= 15 is 0 Å². The van der Waals surface area contributed by atoms with Gasteiger partial charge in [0.1, 0.15) is 5.69 Å². The SMILES string of the molecule is CCCNc1ccc(C(=O)NC(C)CC)cc1[N+](=O)[O-]. The second-order valence-corrected chi connectivity index (χ2v) is 4.70. The molecular weight excluding hydrogens is 258 g/mol. The van der Waals surface area contributed by atoms with Gasteiger partial charge in [0, 0.05) is 24.2 Å². The molecule has 0 bridgehead atoms. The highest BCUT2D eigenvalue weighted by molar-refractivity contribution is 5.95. The molecular formula is C14H21N3O3. The van der Waals surface area contributed by atoms with Crippen LogP contribution in [0, 0.1) is 10.1 Å². The zero-order valence-electron chi connectivity index (χ0n) is 12.1. The summed E-state index contributed by atoms with van der Waals surface area (Å²) < 4.78 is 0. The number of benzene rings is 1. The lowest BCUT2D eigenvalue weighted by Crippen LogP contribution is -2.31. The third kappa shape index (κ3) is 4.22. The number of hydrogen-bond donors (Lipinski definition) is 2. The van der Waals surface area contributed by atoms with Crippen LogP contribution in [0.5, 0.6) is 0 Å². The lowest BCUT2D eigenvalue weighted by atomic mass is 10.1. The lowest BCUT2D eigenvalue weighted by Gasteiger charge is -2.12. The number of hydrogen-bond acceptors (Lipinski definition) is 4.